The van der Waals surface area contributed by atoms with E-state index in [0.29, 0.717) is 0 Å². The van der Waals surface area contributed by atoms with E-state index in [4.69, 9.17) is 15.2 Å². The zero-order valence-corrected chi connectivity index (χ0v) is 11.1. The summed E-state index contributed by atoms with van der Waals surface area (Å²) in [6.45, 7) is 1.99. The van der Waals surface area contributed by atoms with Crippen LogP contribution in [-0.2, 0) is 6.42 Å². The molecule has 0 bridgehead atoms. The van der Waals surface area contributed by atoms with Crippen molar-refractivity contribution < 1.29 is 9.47 Å². The predicted molar refractivity (Wildman–Crippen MR) is 74.4 cm³/mol. The third-order valence-corrected chi connectivity index (χ3v) is 3.00. The van der Waals surface area contributed by atoms with Gasteiger partial charge in [0.2, 0.25) is 0 Å². The Morgan fingerprint density at radius 3 is 2.44 bits per heavy atom. The van der Waals surface area contributed by atoms with Crippen molar-refractivity contribution >= 4 is 10.8 Å². The summed E-state index contributed by atoms with van der Waals surface area (Å²) in [6, 6.07) is 10.2. The van der Waals surface area contributed by atoms with E-state index in [-0.39, 0.29) is 6.04 Å². The van der Waals surface area contributed by atoms with E-state index in [1.54, 1.807) is 14.2 Å². The highest BCUT2D eigenvalue weighted by Crippen LogP contribution is 2.32. The SMILES string of the molecule is COc1cc2cccc(OC)c2cc1CC(C)N. The van der Waals surface area contributed by atoms with Crippen LogP contribution in [0.1, 0.15) is 12.5 Å². The Balaban J connectivity index is 2.62. The Bertz CT molecular complexity index is 549. The van der Waals surface area contributed by atoms with Crippen molar-refractivity contribution in [3.63, 3.8) is 0 Å². The van der Waals surface area contributed by atoms with Crippen molar-refractivity contribution in [3.05, 3.63) is 35.9 Å². The van der Waals surface area contributed by atoms with Crippen molar-refractivity contribution in [2.24, 2.45) is 5.73 Å². The second kappa shape index (κ2) is 5.27. The maximum atomic E-state index is 5.88. The van der Waals surface area contributed by atoms with Gasteiger partial charge < -0.3 is 15.2 Å². The first-order valence-corrected chi connectivity index (χ1v) is 6.05. The Morgan fingerprint density at radius 2 is 1.83 bits per heavy atom. The molecule has 3 heteroatoms. The molecular weight excluding hydrogens is 226 g/mol. The molecule has 1 unspecified atom stereocenters. The molecule has 0 aromatic heterocycles. The van der Waals surface area contributed by atoms with E-state index >= 15 is 0 Å². The van der Waals surface area contributed by atoms with Gasteiger partial charge in [-0.3, -0.25) is 0 Å². The standard InChI is InChI=1S/C15H19NO2/c1-10(16)7-12-8-13-11(9-15(12)18-3)5-4-6-14(13)17-2/h4-6,8-10H,7,16H2,1-3H3. The van der Waals surface area contributed by atoms with Crippen LogP contribution >= 0.6 is 0 Å². The summed E-state index contributed by atoms with van der Waals surface area (Å²) in [7, 11) is 3.37. The number of hydrogen-bond acceptors (Lipinski definition) is 3. The maximum absolute atomic E-state index is 5.88. The minimum atomic E-state index is 0.103. The fraction of sp³-hybridized carbons (Fsp3) is 0.333. The maximum Gasteiger partial charge on any atom is 0.126 e. The molecule has 0 fully saturated rings. The van der Waals surface area contributed by atoms with Crippen LogP contribution in [0, 0.1) is 0 Å². The molecule has 0 radical (unpaired) electrons. The molecule has 0 saturated heterocycles. The van der Waals surface area contributed by atoms with Gasteiger partial charge in [0.15, 0.2) is 0 Å². The molecule has 96 valence electrons. The number of methoxy groups -OCH3 is 2. The van der Waals surface area contributed by atoms with E-state index < -0.39 is 0 Å². The number of ether oxygens (including phenoxy) is 2. The average Bonchev–Trinajstić information content (AvgIpc) is 2.36. The number of rotatable bonds is 4. The van der Waals surface area contributed by atoms with Crippen molar-refractivity contribution in [2.45, 2.75) is 19.4 Å². The van der Waals surface area contributed by atoms with Crippen molar-refractivity contribution in [3.8, 4) is 11.5 Å². The topological polar surface area (TPSA) is 44.5 Å². The monoisotopic (exact) mass is 245 g/mol. The van der Waals surface area contributed by atoms with E-state index in [9.17, 15) is 0 Å². The summed E-state index contributed by atoms with van der Waals surface area (Å²) in [5.74, 6) is 1.76. The van der Waals surface area contributed by atoms with Gasteiger partial charge in [-0.05, 0) is 42.5 Å². The lowest BCUT2D eigenvalue weighted by Gasteiger charge is -2.14. The lowest BCUT2D eigenvalue weighted by Crippen LogP contribution is -2.18. The van der Waals surface area contributed by atoms with E-state index in [0.717, 1.165) is 34.3 Å². The van der Waals surface area contributed by atoms with Gasteiger partial charge in [0.25, 0.3) is 0 Å². The minimum Gasteiger partial charge on any atom is -0.496 e. The fourth-order valence-electron chi connectivity index (χ4n) is 2.20. The second-order valence-corrected chi connectivity index (χ2v) is 4.53. The van der Waals surface area contributed by atoms with Crippen molar-refractivity contribution in [1.29, 1.82) is 0 Å². The third kappa shape index (κ3) is 2.41. The fourth-order valence-corrected chi connectivity index (χ4v) is 2.20. The number of fused-ring (bicyclic) bond motifs is 1. The summed E-state index contributed by atoms with van der Waals surface area (Å²) < 4.78 is 10.8. The Morgan fingerprint density at radius 1 is 1.11 bits per heavy atom. The van der Waals surface area contributed by atoms with Crippen LogP contribution in [0.4, 0.5) is 0 Å². The summed E-state index contributed by atoms with van der Waals surface area (Å²) >= 11 is 0. The van der Waals surface area contributed by atoms with Crippen LogP contribution in [0.15, 0.2) is 30.3 Å². The van der Waals surface area contributed by atoms with Crippen LogP contribution in [0.25, 0.3) is 10.8 Å². The number of nitrogens with two attached hydrogens (primary N) is 1. The van der Waals surface area contributed by atoms with E-state index in [1.807, 2.05) is 25.1 Å². The van der Waals surface area contributed by atoms with Gasteiger partial charge in [0.05, 0.1) is 14.2 Å². The molecular formula is C15H19NO2. The van der Waals surface area contributed by atoms with E-state index in [2.05, 4.69) is 12.1 Å². The highest BCUT2D eigenvalue weighted by molar-refractivity contribution is 5.90. The van der Waals surface area contributed by atoms with Gasteiger partial charge in [0, 0.05) is 11.4 Å². The molecule has 0 aliphatic heterocycles. The van der Waals surface area contributed by atoms with Crippen LogP contribution in [0.2, 0.25) is 0 Å². The van der Waals surface area contributed by atoms with Gasteiger partial charge in [-0.25, -0.2) is 0 Å². The summed E-state index contributed by atoms with van der Waals surface area (Å²) in [5.41, 5.74) is 6.99. The lowest BCUT2D eigenvalue weighted by atomic mass is 10.0. The highest BCUT2D eigenvalue weighted by atomic mass is 16.5. The average molecular weight is 245 g/mol. The predicted octanol–water partition coefficient (Wildman–Crippen LogP) is 2.75. The van der Waals surface area contributed by atoms with Gasteiger partial charge >= 0.3 is 0 Å². The molecule has 3 nitrogen and oxygen atoms in total. The molecule has 18 heavy (non-hydrogen) atoms. The number of benzene rings is 2. The van der Waals surface area contributed by atoms with Crippen LogP contribution < -0.4 is 15.2 Å². The van der Waals surface area contributed by atoms with Crippen LogP contribution in [-0.4, -0.2) is 20.3 Å². The molecule has 2 rings (SSSR count). The minimum absolute atomic E-state index is 0.103. The quantitative estimate of drug-likeness (QED) is 0.900. The summed E-state index contributed by atoms with van der Waals surface area (Å²) in [4.78, 5) is 0. The molecule has 2 aromatic rings. The first-order valence-electron chi connectivity index (χ1n) is 6.05. The molecule has 1 atom stereocenters. The lowest BCUT2D eigenvalue weighted by molar-refractivity contribution is 0.408. The smallest absolute Gasteiger partial charge is 0.126 e. The Labute approximate surface area is 108 Å². The van der Waals surface area contributed by atoms with E-state index in [1.165, 1.54) is 0 Å². The molecule has 0 amide bonds. The molecule has 0 spiro atoms. The summed E-state index contributed by atoms with van der Waals surface area (Å²) in [5, 5.41) is 2.20. The second-order valence-electron chi connectivity index (χ2n) is 4.53. The third-order valence-electron chi connectivity index (χ3n) is 3.00. The zero-order chi connectivity index (χ0) is 13.1. The van der Waals surface area contributed by atoms with Gasteiger partial charge in [-0.2, -0.15) is 0 Å². The first-order chi connectivity index (χ1) is 8.65. The summed E-state index contributed by atoms with van der Waals surface area (Å²) in [6.07, 6.45) is 0.789. The molecule has 0 aliphatic carbocycles. The first kappa shape index (κ1) is 12.7. The van der Waals surface area contributed by atoms with Crippen LogP contribution in [0.3, 0.4) is 0 Å². The largest absolute Gasteiger partial charge is 0.496 e. The Hall–Kier alpha value is -1.74. The highest BCUT2D eigenvalue weighted by Gasteiger charge is 2.10. The Kier molecular flexibility index (Phi) is 3.72. The van der Waals surface area contributed by atoms with Crippen LogP contribution in [0.5, 0.6) is 11.5 Å². The number of hydrogen-bond donors (Lipinski definition) is 1. The van der Waals surface area contributed by atoms with Gasteiger partial charge in [0.1, 0.15) is 11.5 Å². The van der Waals surface area contributed by atoms with Gasteiger partial charge in [-0.15, -0.1) is 0 Å². The normalized spacial score (nSPS) is 12.4. The van der Waals surface area contributed by atoms with Gasteiger partial charge in [-0.1, -0.05) is 12.1 Å². The zero-order valence-electron chi connectivity index (χ0n) is 11.1. The molecule has 0 aliphatic rings. The molecule has 0 saturated carbocycles. The molecule has 2 aromatic carbocycles. The molecule has 0 heterocycles. The van der Waals surface area contributed by atoms with Crippen molar-refractivity contribution in [2.75, 3.05) is 14.2 Å². The molecule has 2 N–H and O–H groups in total. The van der Waals surface area contributed by atoms with Crippen molar-refractivity contribution in [1.82, 2.24) is 0 Å².